The van der Waals surface area contributed by atoms with Crippen LogP contribution in [0.4, 0.5) is 0 Å². The molecule has 1 heterocycles. The lowest BCUT2D eigenvalue weighted by Gasteiger charge is -2.01. The minimum atomic E-state index is -0.405. The van der Waals surface area contributed by atoms with Gasteiger partial charge in [0.2, 0.25) is 0 Å². The molecule has 0 amide bonds. The smallest absolute Gasteiger partial charge is 0.308 e. The van der Waals surface area contributed by atoms with E-state index in [-0.39, 0.29) is 5.70 Å². The van der Waals surface area contributed by atoms with Crippen LogP contribution < -0.4 is 15.4 Å². The Morgan fingerprint density at radius 3 is 2.79 bits per heavy atom. The maximum atomic E-state index is 11.0. The molecule has 0 bridgehead atoms. The van der Waals surface area contributed by atoms with Crippen LogP contribution in [0.15, 0.2) is 41.9 Å². The van der Waals surface area contributed by atoms with Gasteiger partial charge in [0, 0.05) is 19.2 Å². The number of nitrogens with one attached hydrogen (secondary N) is 2. The van der Waals surface area contributed by atoms with Crippen molar-refractivity contribution < 1.29 is 9.66 Å². The van der Waals surface area contributed by atoms with Crippen molar-refractivity contribution in [2.24, 2.45) is 0 Å². The molecule has 0 spiro atoms. The molecule has 1 aromatic carbocycles. The highest BCUT2D eigenvalue weighted by Crippen LogP contribution is 2.15. The zero-order valence-corrected chi connectivity index (χ0v) is 10.6. The first-order chi connectivity index (χ1) is 9.20. The van der Waals surface area contributed by atoms with E-state index in [2.05, 4.69) is 10.6 Å². The fourth-order valence-electron chi connectivity index (χ4n) is 1.77. The molecule has 6 nitrogen and oxygen atoms in total. The summed E-state index contributed by atoms with van der Waals surface area (Å²) in [7, 11) is 1.58. The molecule has 0 aliphatic carbocycles. The average Bonchev–Trinajstić information content (AvgIpc) is 2.93. The molecule has 1 saturated heterocycles. The fraction of sp³-hybridized carbons (Fsp3) is 0.231. The van der Waals surface area contributed by atoms with Crippen LogP contribution in [0.3, 0.4) is 0 Å². The zero-order chi connectivity index (χ0) is 13.7. The lowest BCUT2D eigenvalue weighted by molar-refractivity contribution is -0.420. The van der Waals surface area contributed by atoms with Gasteiger partial charge < -0.3 is 15.4 Å². The van der Waals surface area contributed by atoms with Crippen LogP contribution in [0.25, 0.3) is 6.08 Å². The molecular weight excluding hydrogens is 246 g/mol. The minimum Gasteiger partial charge on any atom is -0.497 e. The Morgan fingerprint density at radius 1 is 1.42 bits per heavy atom. The lowest BCUT2D eigenvalue weighted by Crippen LogP contribution is -2.16. The summed E-state index contributed by atoms with van der Waals surface area (Å²) in [4.78, 5) is 10.6. The second-order valence-corrected chi connectivity index (χ2v) is 3.98. The van der Waals surface area contributed by atoms with Crippen molar-refractivity contribution in [1.82, 2.24) is 10.6 Å². The topological polar surface area (TPSA) is 76.4 Å². The molecule has 1 aliphatic heterocycles. The monoisotopic (exact) mass is 261 g/mol. The van der Waals surface area contributed by atoms with Gasteiger partial charge in [0.15, 0.2) is 5.82 Å². The third kappa shape index (κ3) is 3.25. The summed E-state index contributed by atoms with van der Waals surface area (Å²) in [6.07, 6.45) is 3.17. The molecule has 0 atom stereocenters. The Morgan fingerprint density at radius 2 is 2.16 bits per heavy atom. The molecule has 2 rings (SSSR count). The van der Waals surface area contributed by atoms with Gasteiger partial charge in [-0.15, -0.1) is 0 Å². The van der Waals surface area contributed by atoms with Crippen molar-refractivity contribution in [3.63, 3.8) is 0 Å². The second kappa shape index (κ2) is 5.90. The Bertz CT molecular complexity index is 530. The Kier molecular flexibility index (Phi) is 4.02. The average molecular weight is 261 g/mol. The fourth-order valence-corrected chi connectivity index (χ4v) is 1.77. The van der Waals surface area contributed by atoms with E-state index in [1.165, 1.54) is 6.08 Å². The number of benzene rings is 1. The second-order valence-electron chi connectivity index (χ2n) is 3.98. The molecular formula is C13H15N3O3. The van der Waals surface area contributed by atoms with Crippen LogP contribution in [-0.2, 0) is 0 Å². The number of nitrogens with zero attached hydrogens (tertiary/aromatic N) is 1. The summed E-state index contributed by atoms with van der Waals surface area (Å²) in [5, 5.41) is 16.9. The van der Waals surface area contributed by atoms with Crippen LogP contribution in [0.2, 0.25) is 0 Å². The highest BCUT2D eigenvalue weighted by Gasteiger charge is 2.18. The standard InChI is InChI=1S/C13H15N3O3/c1-19-11-4-2-3-10(9-11)5-6-12(16(17)18)13-14-7-8-15-13/h2-6,9,14-15H,7-8H2,1H3/b6-5+. The van der Waals surface area contributed by atoms with Gasteiger partial charge in [-0.25, -0.2) is 0 Å². The van der Waals surface area contributed by atoms with Crippen LogP contribution >= 0.6 is 0 Å². The first-order valence-corrected chi connectivity index (χ1v) is 5.89. The van der Waals surface area contributed by atoms with E-state index in [1.54, 1.807) is 13.2 Å². The summed E-state index contributed by atoms with van der Waals surface area (Å²) in [6, 6.07) is 7.33. The van der Waals surface area contributed by atoms with Gasteiger partial charge in [0.1, 0.15) is 5.75 Å². The van der Waals surface area contributed by atoms with Crippen molar-refractivity contribution in [3.8, 4) is 5.75 Å². The number of allylic oxidation sites excluding steroid dienone is 1. The van der Waals surface area contributed by atoms with Crippen molar-refractivity contribution in [1.29, 1.82) is 0 Å². The van der Waals surface area contributed by atoms with Gasteiger partial charge in [0.05, 0.1) is 12.0 Å². The molecule has 0 saturated carbocycles. The number of methoxy groups -OCH3 is 1. The van der Waals surface area contributed by atoms with Gasteiger partial charge in [0.25, 0.3) is 0 Å². The molecule has 1 fully saturated rings. The Balaban J connectivity index is 2.23. The van der Waals surface area contributed by atoms with Crippen molar-refractivity contribution in [3.05, 3.63) is 57.5 Å². The number of ether oxygens (including phenoxy) is 1. The highest BCUT2D eigenvalue weighted by atomic mass is 16.6. The van der Waals surface area contributed by atoms with Crippen LogP contribution in [0.5, 0.6) is 5.75 Å². The van der Waals surface area contributed by atoms with Gasteiger partial charge >= 0.3 is 5.70 Å². The summed E-state index contributed by atoms with van der Waals surface area (Å²) < 4.78 is 5.10. The molecule has 2 N–H and O–H groups in total. The summed E-state index contributed by atoms with van der Waals surface area (Å²) in [6.45, 7) is 1.39. The molecule has 0 unspecified atom stereocenters. The van der Waals surface area contributed by atoms with Crippen molar-refractivity contribution in [2.45, 2.75) is 0 Å². The third-order valence-corrected chi connectivity index (χ3v) is 2.71. The van der Waals surface area contributed by atoms with Gasteiger partial charge in [-0.3, -0.25) is 10.1 Å². The highest BCUT2D eigenvalue weighted by molar-refractivity contribution is 5.54. The third-order valence-electron chi connectivity index (χ3n) is 2.71. The maximum absolute atomic E-state index is 11.0. The predicted octanol–water partition coefficient (Wildman–Crippen LogP) is 1.35. The molecule has 19 heavy (non-hydrogen) atoms. The molecule has 0 radical (unpaired) electrons. The van der Waals surface area contributed by atoms with E-state index in [9.17, 15) is 10.1 Å². The molecule has 100 valence electrons. The number of hydrogen-bond donors (Lipinski definition) is 2. The van der Waals surface area contributed by atoms with Gasteiger partial charge in [-0.05, 0) is 23.8 Å². The van der Waals surface area contributed by atoms with Gasteiger partial charge in [-0.1, -0.05) is 12.1 Å². The number of nitro groups is 1. The van der Waals surface area contributed by atoms with E-state index < -0.39 is 4.92 Å². The maximum Gasteiger partial charge on any atom is 0.308 e. The molecule has 0 aromatic heterocycles. The normalized spacial score (nSPS) is 14.1. The number of rotatable bonds is 4. The van der Waals surface area contributed by atoms with E-state index in [4.69, 9.17) is 4.74 Å². The van der Waals surface area contributed by atoms with E-state index in [0.29, 0.717) is 18.9 Å². The molecule has 1 aliphatic rings. The summed E-state index contributed by atoms with van der Waals surface area (Å²) in [5.41, 5.74) is 0.873. The quantitative estimate of drug-likeness (QED) is 0.632. The Hall–Kier alpha value is -2.50. The van der Waals surface area contributed by atoms with Gasteiger partial charge in [-0.2, -0.15) is 0 Å². The SMILES string of the molecule is COc1cccc(/C=C/C(=C2NCCN2)[N+](=O)[O-])c1. The Labute approximate surface area is 110 Å². The van der Waals surface area contributed by atoms with E-state index >= 15 is 0 Å². The molecule has 6 heteroatoms. The van der Waals surface area contributed by atoms with Crippen LogP contribution in [-0.4, -0.2) is 25.1 Å². The van der Waals surface area contributed by atoms with Crippen molar-refractivity contribution >= 4 is 6.08 Å². The predicted molar refractivity (Wildman–Crippen MR) is 72.1 cm³/mol. The van der Waals surface area contributed by atoms with Crippen LogP contribution in [0.1, 0.15) is 5.56 Å². The summed E-state index contributed by atoms with van der Waals surface area (Å²) in [5.74, 6) is 1.18. The number of hydrogen-bond acceptors (Lipinski definition) is 5. The van der Waals surface area contributed by atoms with E-state index in [1.807, 2.05) is 24.3 Å². The molecule has 1 aromatic rings. The zero-order valence-electron chi connectivity index (χ0n) is 10.6. The van der Waals surface area contributed by atoms with E-state index in [0.717, 1.165) is 11.3 Å². The summed E-state index contributed by atoms with van der Waals surface area (Å²) >= 11 is 0. The van der Waals surface area contributed by atoms with Crippen LogP contribution in [0, 0.1) is 10.1 Å². The van der Waals surface area contributed by atoms with Crippen molar-refractivity contribution in [2.75, 3.05) is 20.2 Å². The first-order valence-electron chi connectivity index (χ1n) is 5.89. The first kappa shape index (κ1) is 12.9. The lowest BCUT2D eigenvalue weighted by atomic mass is 10.2. The largest absolute Gasteiger partial charge is 0.497 e. The minimum absolute atomic E-state index is 0.0281.